The molecule has 0 saturated carbocycles. The van der Waals surface area contributed by atoms with Gasteiger partial charge in [0, 0.05) is 6.20 Å². The van der Waals surface area contributed by atoms with Crippen LogP contribution in [0, 0.1) is 0 Å². The van der Waals surface area contributed by atoms with Gasteiger partial charge in [-0.1, -0.05) is 11.6 Å². The molecule has 1 aliphatic carbocycles. The number of aromatic nitrogens is 2. The smallest absolute Gasteiger partial charge is 0.264 e. The molecule has 2 aliphatic rings. The Labute approximate surface area is 109 Å². The summed E-state index contributed by atoms with van der Waals surface area (Å²) in [4.78, 5) is 16.9. The molecule has 0 radical (unpaired) electrons. The number of rotatable bonds is 0. The molecule has 18 heavy (non-hydrogen) atoms. The van der Waals surface area contributed by atoms with Crippen molar-refractivity contribution in [3.05, 3.63) is 40.2 Å². The van der Waals surface area contributed by atoms with Gasteiger partial charge in [-0.25, -0.2) is 4.98 Å². The van der Waals surface area contributed by atoms with Gasteiger partial charge in [0.1, 0.15) is 10.8 Å². The molecule has 3 nitrogen and oxygen atoms in total. The molecule has 0 N–H and O–H groups in total. The fraction of sp³-hybridized carbons (Fsp3) is 0.286. The van der Waals surface area contributed by atoms with Crippen LogP contribution in [0.5, 0.6) is 0 Å². The Morgan fingerprint density at radius 1 is 1.22 bits per heavy atom. The van der Waals surface area contributed by atoms with Gasteiger partial charge in [0.2, 0.25) is 0 Å². The lowest BCUT2D eigenvalue weighted by atomic mass is 9.89. The van der Waals surface area contributed by atoms with Crippen LogP contribution in [0.15, 0.2) is 18.3 Å². The Hall–Kier alpha value is -1.61. The first-order valence-corrected chi connectivity index (χ1v) is 6.59. The highest BCUT2D eigenvalue weighted by Crippen LogP contribution is 2.39. The normalized spacial score (nSPS) is 16.4. The Kier molecular flexibility index (Phi) is 1.98. The van der Waals surface area contributed by atoms with Crippen molar-refractivity contribution in [2.24, 2.45) is 0 Å². The minimum atomic E-state index is 0.0484. The average molecular weight is 259 g/mol. The predicted molar refractivity (Wildman–Crippen MR) is 69.0 cm³/mol. The zero-order chi connectivity index (χ0) is 12.3. The molecular formula is C14H11ClN2O. The maximum atomic E-state index is 12.4. The van der Waals surface area contributed by atoms with Gasteiger partial charge < -0.3 is 0 Å². The van der Waals surface area contributed by atoms with Gasteiger partial charge in [0.15, 0.2) is 0 Å². The molecule has 0 aromatic carbocycles. The van der Waals surface area contributed by atoms with Crippen LogP contribution < -0.4 is 0 Å². The Morgan fingerprint density at radius 2 is 2.00 bits per heavy atom. The Balaban J connectivity index is 2.08. The molecular weight excluding hydrogens is 248 g/mol. The quantitative estimate of drug-likeness (QED) is 0.581. The van der Waals surface area contributed by atoms with Crippen LogP contribution >= 0.6 is 11.6 Å². The molecule has 4 rings (SSSR count). The first-order chi connectivity index (χ1) is 8.77. The van der Waals surface area contributed by atoms with Crippen LogP contribution in [0.2, 0.25) is 5.15 Å². The van der Waals surface area contributed by atoms with Gasteiger partial charge in [0.05, 0.1) is 11.3 Å². The molecule has 0 fully saturated rings. The van der Waals surface area contributed by atoms with Crippen molar-refractivity contribution in [3.63, 3.8) is 0 Å². The largest absolute Gasteiger partial charge is 0.282 e. The van der Waals surface area contributed by atoms with E-state index in [9.17, 15) is 4.79 Å². The lowest BCUT2D eigenvalue weighted by Crippen LogP contribution is -2.13. The summed E-state index contributed by atoms with van der Waals surface area (Å²) in [5, 5.41) is 0.575. The second-order valence-corrected chi connectivity index (χ2v) is 5.22. The van der Waals surface area contributed by atoms with Crippen LogP contribution in [-0.4, -0.2) is 15.5 Å². The zero-order valence-electron chi connectivity index (χ0n) is 9.74. The number of carbonyl (C=O) groups excluding carboxylic acids is 1. The Bertz CT molecular complexity index is 687. The second-order valence-electron chi connectivity index (χ2n) is 4.86. The van der Waals surface area contributed by atoms with Gasteiger partial charge in [-0.2, -0.15) is 0 Å². The van der Waals surface area contributed by atoms with Crippen LogP contribution in [0.1, 0.15) is 34.3 Å². The highest BCUT2D eigenvalue weighted by Gasteiger charge is 2.33. The van der Waals surface area contributed by atoms with Gasteiger partial charge in [-0.3, -0.25) is 9.36 Å². The summed E-state index contributed by atoms with van der Waals surface area (Å²) in [6.45, 7) is 0. The summed E-state index contributed by atoms with van der Waals surface area (Å²) in [6, 6.07) is 3.79. The first-order valence-electron chi connectivity index (χ1n) is 6.21. The molecule has 0 spiro atoms. The molecule has 0 amide bonds. The number of fused-ring (bicyclic) bond motifs is 5. The van der Waals surface area contributed by atoms with E-state index >= 15 is 0 Å². The maximum absolute atomic E-state index is 12.4. The molecule has 0 unspecified atom stereocenters. The monoisotopic (exact) mass is 258 g/mol. The minimum Gasteiger partial charge on any atom is -0.282 e. The number of halogens is 1. The van der Waals surface area contributed by atoms with Crippen LogP contribution in [0.25, 0.3) is 11.4 Å². The predicted octanol–water partition coefficient (Wildman–Crippen LogP) is 3.08. The summed E-state index contributed by atoms with van der Waals surface area (Å²) in [6.07, 6.45) is 5.94. The van der Waals surface area contributed by atoms with E-state index in [1.165, 1.54) is 0 Å². The summed E-state index contributed by atoms with van der Waals surface area (Å²) < 4.78 is 1.67. The second kappa shape index (κ2) is 3.45. The van der Waals surface area contributed by atoms with E-state index in [1.54, 1.807) is 10.8 Å². The number of carbonyl (C=O) groups is 1. The van der Waals surface area contributed by atoms with Crippen LogP contribution in [0.3, 0.4) is 0 Å². The summed E-state index contributed by atoms with van der Waals surface area (Å²) in [5.41, 5.74) is 4.62. The molecule has 4 heteroatoms. The van der Waals surface area contributed by atoms with Crippen molar-refractivity contribution >= 4 is 17.5 Å². The van der Waals surface area contributed by atoms with E-state index in [4.69, 9.17) is 11.6 Å². The minimum absolute atomic E-state index is 0.0484. The van der Waals surface area contributed by atoms with E-state index in [1.807, 2.05) is 12.1 Å². The standard InChI is InChI=1S/C14H11ClN2O/c15-13-9-5-2-1-4-8(9)11-12(16-13)10-6-3-7-17(10)14(11)18/h3,6-7H,1-2,4-5H2. The van der Waals surface area contributed by atoms with Gasteiger partial charge >= 0.3 is 0 Å². The molecule has 0 bridgehead atoms. The summed E-state index contributed by atoms with van der Waals surface area (Å²) in [7, 11) is 0. The number of hydrogen-bond acceptors (Lipinski definition) is 2. The summed E-state index contributed by atoms with van der Waals surface area (Å²) in [5.74, 6) is 0.0484. The van der Waals surface area contributed by atoms with Crippen molar-refractivity contribution in [1.82, 2.24) is 9.55 Å². The number of nitrogens with zero attached hydrogens (tertiary/aromatic N) is 2. The molecule has 1 aliphatic heterocycles. The fourth-order valence-electron chi connectivity index (χ4n) is 3.06. The average Bonchev–Trinajstić information content (AvgIpc) is 2.95. The lowest BCUT2D eigenvalue weighted by Gasteiger charge is -2.18. The maximum Gasteiger partial charge on any atom is 0.264 e. The van der Waals surface area contributed by atoms with E-state index in [0.29, 0.717) is 5.15 Å². The zero-order valence-corrected chi connectivity index (χ0v) is 10.5. The van der Waals surface area contributed by atoms with E-state index in [2.05, 4.69) is 4.98 Å². The van der Waals surface area contributed by atoms with Crippen molar-refractivity contribution < 1.29 is 4.79 Å². The van der Waals surface area contributed by atoms with Gasteiger partial charge in [-0.05, 0) is 48.9 Å². The highest BCUT2D eigenvalue weighted by molar-refractivity contribution is 6.30. The fourth-order valence-corrected chi connectivity index (χ4v) is 3.35. The van der Waals surface area contributed by atoms with Crippen molar-refractivity contribution in [3.8, 4) is 11.4 Å². The summed E-state index contributed by atoms with van der Waals surface area (Å²) >= 11 is 6.28. The number of pyridine rings is 1. The molecule has 3 heterocycles. The third-order valence-corrected chi connectivity index (χ3v) is 4.20. The van der Waals surface area contributed by atoms with Gasteiger partial charge in [0.25, 0.3) is 5.91 Å². The first kappa shape index (κ1) is 10.3. The van der Waals surface area contributed by atoms with Crippen molar-refractivity contribution in [2.45, 2.75) is 25.7 Å². The van der Waals surface area contributed by atoms with Crippen molar-refractivity contribution in [2.75, 3.05) is 0 Å². The van der Waals surface area contributed by atoms with E-state index in [-0.39, 0.29) is 5.91 Å². The highest BCUT2D eigenvalue weighted by atomic mass is 35.5. The molecule has 2 aromatic heterocycles. The van der Waals surface area contributed by atoms with Crippen LogP contribution in [0.4, 0.5) is 0 Å². The SMILES string of the molecule is O=C1c2c(nc(Cl)c3c2CCCC3)-c2cccn21. The topological polar surface area (TPSA) is 34.9 Å². The molecule has 0 saturated heterocycles. The van der Waals surface area contributed by atoms with Gasteiger partial charge in [-0.15, -0.1) is 0 Å². The molecule has 0 atom stereocenters. The molecule has 2 aromatic rings. The molecule has 90 valence electrons. The Morgan fingerprint density at radius 3 is 2.83 bits per heavy atom. The van der Waals surface area contributed by atoms with Crippen LogP contribution in [-0.2, 0) is 12.8 Å². The number of hydrogen-bond donors (Lipinski definition) is 0. The lowest BCUT2D eigenvalue weighted by molar-refractivity contribution is 0.0968. The van der Waals surface area contributed by atoms with Crippen molar-refractivity contribution in [1.29, 1.82) is 0 Å². The van der Waals surface area contributed by atoms with E-state index in [0.717, 1.165) is 53.8 Å². The third-order valence-electron chi connectivity index (χ3n) is 3.89. The third kappa shape index (κ3) is 1.15. The van der Waals surface area contributed by atoms with E-state index < -0.39 is 0 Å².